The molecule has 2 N–H and O–H groups in total. The zero-order chi connectivity index (χ0) is 18.4. The molecule has 0 aromatic heterocycles. The highest BCUT2D eigenvalue weighted by Crippen LogP contribution is 2.29. The highest BCUT2D eigenvalue weighted by Gasteiger charge is 2.29. The van der Waals surface area contributed by atoms with E-state index in [1.807, 2.05) is 0 Å². The molecule has 0 radical (unpaired) electrons. The van der Waals surface area contributed by atoms with Crippen LogP contribution in [-0.2, 0) is 12.7 Å². The average molecular weight is 354 g/mol. The molecule has 2 amide bonds. The van der Waals surface area contributed by atoms with Crippen LogP contribution in [0.1, 0.15) is 11.1 Å². The Morgan fingerprint density at radius 3 is 2.04 bits per heavy atom. The number of alkyl halides is 3. The summed E-state index contributed by atoms with van der Waals surface area (Å²) < 4.78 is 47.8. The van der Waals surface area contributed by atoms with Crippen molar-refractivity contribution in [3.05, 3.63) is 53.6 Å². The molecule has 0 saturated heterocycles. The normalized spacial score (nSPS) is 10.9. The molecule has 0 aliphatic heterocycles. The molecule has 134 valence electrons. The molecule has 0 unspecified atom stereocenters. The lowest BCUT2D eigenvalue weighted by atomic mass is 10.2. The third-order valence-electron chi connectivity index (χ3n) is 3.33. The predicted octanol–water partition coefficient (Wildman–Crippen LogP) is 4.04. The molecule has 2 aromatic carbocycles. The number of urea groups is 1. The summed E-state index contributed by atoms with van der Waals surface area (Å²) in [6.45, 7) is 0.194. The fraction of sp³-hybridized carbons (Fsp3) is 0.235. The molecular formula is C17H17F3N2O3. The maximum absolute atomic E-state index is 12.5. The zero-order valence-corrected chi connectivity index (χ0v) is 13.6. The van der Waals surface area contributed by atoms with Gasteiger partial charge in [0.15, 0.2) is 0 Å². The number of halogens is 3. The molecule has 0 aliphatic rings. The zero-order valence-electron chi connectivity index (χ0n) is 13.6. The number of anilines is 1. The molecule has 2 rings (SSSR count). The lowest BCUT2D eigenvalue weighted by Gasteiger charge is -2.11. The molecule has 25 heavy (non-hydrogen) atoms. The Morgan fingerprint density at radius 1 is 1.00 bits per heavy atom. The first kappa shape index (κ1) is 18.4. The highest BCUT2D eigenvalue weighted by molar-refractivity contribution is 5.89. The number of benzene rings is 2. The number of methoxy groups -OCH3 is 2. The van der Waals surface area contributed by atoms with Gasteiger partial charge in [0.05, 0.1) is 19.8 Å². The van der Waals surface area contributed by atoms with Crippen molar-refractivity contribution in [2.24, 2.45) is 0 Å². The number of ether oxygens (including phenoxy) is 2. The fourth-order valence-electron chi connectivity index (χ4n) is 2.07. The first-order valence-corrected chi connectivity index (χ1v) is 7.26. The van der Waals surface area contributed by atoms with Gasteiger partial charge < -0.3 is 20.1 Å². The van der Waals surface area contributed by atoms with Crippen molar-refractivity contribution in [2.75, 3.05) is 19.5 Å². The van der Waals surface area contributed by atoms with E-state index < -0.39 is 17.8 Å². The quantitative estimate of drug-likeness (QED) is 0.852. The van der Waals surface area contributed by atoms with Crippen molar-refractivity contribution in [3.8, 4) is 11.5 Å². The number of carbonyl (C=O) groups excluding carboxylic acids is 1. The topological polar surface area (TPSA) is 59.6 Å². The molecule has 0 fully saturated rings. The van der Waals surface area contributed by atoms with Crippen molar-refractivity contribution in [3.63, 3.8) is 0 Å². The largest absolute Gasteiger partial charge is 0.497 e. The minimum atomic E-state index is -4.41. The van der Waals surface area contributed by atoms with Crippen LogP contribution in [0, 0.1) is 0 Å². The lowest BCUT2D eigenvalue weighted by molar-refractivity contribution is -0.137. The standard InChI is InChI=1S/C17H17F3N2O3/c1-24-14-7-11(8-15(9-14)25-2)10-21-16(23)22-13-5-3-12(4-6-13)17(18,19)20/h3-9H,10H2,1-2H3,(H2,21,22,23). The number of rotatable bonds is 5. The summed E-state index contributed by atoms with van der Waals surface area (Å²) >= 11 is 0. The van der Waals surface area contributed by atoms with Gasteiger partial charge in [0.1, 0.15) is 11.5 Å². The SMILES string of the molecule is COc1cc(CNC(=O)Nc2ccc(C(F)(F)F)cc2)cc(OC)c1. The minimum Gasteiger partial charge on any atom is -0.497 e. The van der Waals surface area contributed by atoms with Gasteiger partial charge in [0, 0.05) is 18.3 Å². The molecule has 0 aliphatic carbocycles. The number of nitrogens with one attached hydrogen (secondary N) is 2. The van der Waals surface area contributed by atoms with E-state index >= 15 is 0 Å². The van der Waals surface area contributed by atoms with Crippen molar-refractivity contribution < 1.29 is 27.4 Å². The van der Waals surface area contributed by atoms with Crippen LogP contribution in [0.5, 0.6) is 11.5 Å². The van der Waals surface area contributed by atoms with E-state index in [0.29, 0.717) is 11.5 Å². The van der Waals surface area contributed by atoms with Crippen LogP contribution in [0.4, 0.5) is 23.7 Å². The fourth-order valence-corrected chi connectivity index (χ4v) is 2.07. The second-order valence-corrected chi connectivity index (χ2v) is 5.10. The van der Waals surface area contributed by atoms with Crippen molar-refractivity contribution in [1.82, 2.24) is 5.32 Å². The van der Waals surface area contributed by atoms with E-state index in [-0.39, 0.29) is 12.2 Å². The van der Waals surface area contributed by atoms with Crippen LogP contribution in [0.15, 0.2) is 42.5 Å². The van der Waals surface area contributed by atoms with E-state index in [2.05, 4.69) is 10.6 Å². The third kappa shape index (κ3) is 5.30. The van der Waals surface area contributed by atoms with Crippen LogP contribution in [0.25, 0.3) is 0 Å². The summed E-state index contributed by atoms with van der Waals surface area (Å²) in [5.41, 5.74) is 0.231. The summed E-state index contributed by atoms with van der Waals surface area (Å²) in [4.78, 5) is 11.9. The summed E-state index contributed by atoms with van der Waals surface area (Å²) in [7, 11) is 3.03. The van der Waals surface area contributed by atoms with Gasteiger partial charge in [-0.25, -0.2) is 4.79 Å². The van der Waals surface area contributed by atoms with E-state index in [4.69, 9.17) is 9.47 Å². The first-order chi connectivity index (χ1) is 11.8. The van der Waals surface area contributed by atoms with E-state index in [9.17, 15) is 18.0 Å². The molecular weight excluding hydrogens is 337 g/mol. The Kier molecular flexibility index (Phi) is 5.74. The minimum absolute atomic E-state index is 0.194. The maximum atomic E-state index is 12.5. The Balaban J connectivity index is 1.95. The van der Waals surface area contributed by atoms with Crippen LogP contribution in [0.2, 0.25) is 0 Å². The molecule has 0 bridgehead atoms. The predicted molar refractivity (Wildman–Crippen MR) is 86.8 cm³/mol. The van der Waals surface area contributed by atoms with Gasteiger partial charge in [0.25, 0.3) is 0 Å². The molecule has 0 saturated carbocycles. The van der Waals surface area contributed by atoms with Gasteiger partial charge in [-0.2, -0.15) is 13.2 Å². The Labute approximate surface area is 142 Å². The first-order valence-electron chi connectivity index (χ1n) is 7.26. The van der Waals surface area contributed by atoms with Gasteiger partial charge in [-0.1, -0.05) is 0 Å². The summed E-state index contributed by atoms with van der Waals surface area (Å²) in [6, 6.07) is 8.83. The highest BCUT2D eigenvalue weighted by atomic mass is 19.4. The lowest BCUT2D eigenvalue weighted by Crippen LogP contribution is -2.28. The van der Waals surface area contributed by atoms with Crippen molar-refractivity contribution >= 4 is 11.7 Å². The van der Waals surface area contributed by atoms with Gasteiger partial charge >= 0.3 is 12.2 Å². The van der Waals surface area contributed by atoms with E-state index in [1.54, 1.807) is 18.2 Å². The molecule has 0 spiro atoms. The molecule has 2 aromatic rings. The monoisotopic (exact) mass is 354 g/mol. The number of hydrogen-bond acceptors (Lipinski definition) is 3. The van der Waals surface area contributed by atoms with E-state index in [1.165, 1.54) is 26.4 Å². The molecule has 8 heteroatoms. The number of hydrogen-bond donors (Lipinski definition) is 2. The molecule has 0 heterocycles. The van der Waals surface area contributed by atoms with E-state index in [0.717, 1.165) is 17.7 Å². The Bertz CT molecular complexity index is 709. The van der Waals surface area contributed by atoms with Crippen LogP contribution in [-0.4, -0.2) is 20.3 Å². The van der Waals surface area contributed by atoms with Crippen LogP contribution >= 0.6 is 0 Å². The molecule has 5 nitrogen and oxygen atoms in total. The molecule has 0 atom stereocenters. The number of carbonyl (C=O) groups is 1. The second kappa shape index (κ2) is 7.78. The average Bonchev–Trinajstić information content (AvgIpc) is 2.59. The summed E-state index contributed by atoms with van der Waals surface area (Å²) in [5.74, 6) is 1.17. The summed E-state index contributed by atoms with van der Waals surface area (Å²) in [6.07, 6.45) is -4.41. The van der Waals surface area contributed by atoms with Crippen molar-refractivity contribution in [1.29, 1.82) is 0 Å². The van der Waals surface area contributed by atoms with Crippen LogP contribution < -0.4 is 20.1 Å². The third-order valence-corrected chi connectivity index (χ3v) is 3.33. The Morgan fingerprint density at radius 2 is 1.56 bits per heavy atom. The van der Waals surface area contributed by atoms with Gasteiger partial charge in [-0.05, 0) is 42.0 Å². The smallest absolute Gasteiger partial charge is 0.416 e. The van der Waals surface area contributed by atoms with Gasteiger partial charge in [-0.3, -0.25) is 0 Å². The van der Waals surface area contributed by atoms with Gasteiger partial charge in [-0.15, -0.1) is 0 Å². The van der Waals surface area contributed by atoms with Gasteiger partial charge in [0.2, 0.25) is 0 Å². The maximum Gasteiger partial charge on any atom is 0.416 e. The van der Waals surface area contributed by atoms with Crippen LogP contribution in [0.3, 0.4) is 0 Å². The second-order valence-electron chi connectivity index (χ2n) is 5.10. The number of amides is 2. The van der Waals surface area contributed by atoms with Crippen molar-refractivity contribution in [2.45, 2.75) is 12.7 Å². The summed E-state index contributed by atoms with van der Waals surface area (Å²) in [5, 5.41) is 5.08. The Hall–Kier alpha value is -2.90.